The van der Waals surface area contributed by atoms with Crippen molar-refractivity contribution in [2.45, 2.75) is 33.6 Å². The number of benzene rings is 2. The quantitative estimate of drug-likeness (QED) is 0.322. The summed E-state index contributed by atoms with van der Waals surface area (Å²) >= 11 is 0. The topological polar surface area (TPSA) is 90.9 Å². The van der Waals surface area contributed by atoms with Crippen molar-refractivity contribution in [2.75, 3.05) is 25.6 Å². The van der Waals surface area contributed by atoms with Crippen LogP contribution in [0.15, 0.2) is 42.5 Å². The van der Waals surface area contributed by atoms with Crippen LogP contribution in [0.1, 0.15) is 54.3 Å². The van der Waals surface area contributed by atoms with Gasteiger partial charge in [-0.2, -0.15) is 0 Å². The number of hydrogen-bond acceptors (Lipinski definition) is 6. The molecule has 0 unspecified atom stereocenters. The van der Waals surface area contributed by atoms with E-state index in [9.17, 15) is 14.4 Å². The molecule has 0 atom stereocenters. The molecule has 0 fully saturated rings. The fourth-order valence-corrected chi connectivity index (χ4v) is 2.56. The Kier molecular flexibility index (Phi) is 9.06. The van der Waals surface area contributed by atoms with Crippen LogP contribution in [0.4, 0.5) is 5.69 Å². The molecule has 0 saturated carbocycles. The van der Waals surface area contributed by atoms with Gasteiger partial charge < -0.3 is 19.5 Å². The van der Waals surface area contributed by atoms with E-state index in [1.807, 2.05) is 0 Å². The van der Waals surface area contributed by atoms with Crippen molar-refractivity contribution >= 4 is 23.3 Å². The number of unbranched alkanes of at least 4 members (excludes halogenated alkanes) is 1. The number of ketones is 1. The standard InChI is InChI=1S/C24H29NO6/c1-5-6-13-30-21-12-9-18(14-22(21)29-4)24(28)31-15-20(26)17-7-10-19(11-8-17)25-23(27)16(2)3/h7-12,14,16H,5-6,13,15H2,1-4H3,(H,25,27). The molecule has 0 aliphatic rings. The Morgan fingerprint density at radius 2 is 1.65 bits per heavy atom. The molecule has 1 N–H and O–H groups in total. The van der Waals surface area contributed by atoms with Crippen LogP contribution in [0.2, 0.25) is 0 Å². The molecule has 0 aliphatic heterocycles. The van der Waals surface area contributed by atoms with E-state index in [4.69, 9.17) is 14.2 Å². The van der Waals surface area contributed by atoms with Gasteiger partial charge in [-0.25, -0.2) is 4.79 Å². The van der Waals surface area contributed by atoms with Gasteiger partial charge in [0.25, 0.3) is 0 Å². The van der Waals surface area contributed by atoms with Crippen LogP contribution in [-0.4, -0.2) is 38.0 Å². The van der Waals surface area contributed by atoms with Gasteiger partial charge in [0.2, 0.25) is 5.91 Å². The molecule has 31 heavy (non-hydrogen) atoms. The van der Waals surface area contributed by atoms with E-state index in [1.54, 1.807) is 50.2 Å². The second-order valence-corrected chi connectivity index (χ2v) is 7.29. The second kappa shape index (κ2) is 11.7. The predicted molar refractivity (Wildman–Crippen MR) is 118 cm³/mol. The third kappa shape index (κ3) is 7.13. The lowest BCUT2D eigenvalue weighted by Crippen LogP contribution is -2.18. The summed E-state index contributed by atoms with van der Waals surface area (Å²) < 4.78 is 16.1. The van der Waals surface area contributed by atoms with Gasteiger partial charge in [-0.3, -0.25) is 9.59 Å². The van der Waals surface area contributed by atoms with Crippen LogP contribution in [0.5, 0.6) is 11.5 Å². The summed E-state index contributed by atoms with van der Waals surface area (Å²) in [6.07, 6.45) is 1.93. The number of anilines is 1. The Hall–Kier alpha value is -3.35. The van der Waals surface area contributed by atoms with Crippen LogP contribution in [-0.2, 0) is 9.53 Å². The van der Waals surface area contributed by atoms with Crippen LogP contribution in [0.25, 0.3) is 0 Å². The van der Waals surface area contributed by atoms with Crippen LogP contribution in [0, 0.1) is 5.92 Å². The maximum atomic E-state index is 12.3. The smallest absolute Gasteiger partial charge is 0.338 e. The van der Waals surface area contributed by atoms with Gasteiger partial charge in [-0.15, -0.1) is 0 Å². The van der Waals surface area contributed by atoms with Gasteiger partial charge in [0.05, 0.1) is 19.3 Å². The number of hydrogen-bond donors (Lipinski definition) is 1. The zero-order valence-electron chi connectivity index (χ0n) is 18.4. The lowest BCUT2D eigenvalue weighted by atomic mass is 10.1. The summed E-state index contributed by atoms with van der Waals surface area (Å²) in [5, 5.41) is 2.75. The maximum Gasteiger partial charge on any atom is 0.338 e. The van der Waals surface area contributed by atoms with E-state index in [2.05, 4.69) is 12.2 Å². The number of rotatable bonds is 11. The number of methoxy groups -OCH3 is 1. The van der Waals surface area contributed by atoms with Gasteiger partial charge >= 0.3 is 5.97 Å². The Morgan fingerprint density at radius 1 is 0.968 bits per heavy atom. The first-order valence-corrected chi connectivity index (χ1v) is 10.3. The van der Waals surface area contributed by atoms with Crippen molar-refractivity contribution < 1.29 is 28.6 Å². The molecule has 2 rings (SSSR count). The van der Waals surface area contributed by atoms with Gasteiger partial charge in [0.1, 0.15) is 0 Å². The van der Waals surface area contributed by atoms with Gasteiger partial charge in [-0.05, 0) is 48.9 Å². The average molecular weight is 427 g/mol. The first-order chi connectivity index (χ1) is 14.8. The molecule has 0 heterocycles. The second-order valence-electron chi connectivity index (χ2n) is 7.29. The molecule has 2 aromatic carbocycles. The van der Waals surface area contributed by atoms with Gasteiger partial charge in [-0.1, -0.05) is 27.2 Å². The highest BCUT2D eigenvalue weighted by Gasteiger charge is 2.15. The summed E-state index contributed by atoms with van der Waals surface area (Å²) in [4.78, 5) is 36.4. The molecule has 0 saturated heterocycles. The molecule has 1 amide bonds. The summed E-state index contributed by atoms with van der Waals surface area (Å²) in [6.45, 7) is 5.83. The molecule has 7 nitrogen and oxygen atoms in total. The molecule has 166 valence electrons. The lowest BCUT2D eigenvalue weighted by Gasteiger charge is -2.12. The number of ether oxygens (including phenoxy) is 3. The molecule has 0 spiro atoms. The monoisotopic (exact) mass is 427 g/mol. The first-order valence-electron chi connectivity index (χ1n) is 10.3. The average Bonchev–Trinajstić information content (AvgIpc) is 2.77. The summed E-state index contributed by atoms with van der Waals surface area (Å²) in [7, 11) is 1.49. The highest BCUT2D eigenvalue weighted by atomic mass is 16.5. The number of nitrogens with one attached hydrogen (secondary N) is 1. The molecular weight excluding hydrogens is 398 g/mol. The van der Waals surface area contributed by atoms with E-state index in [-0.39, 0.29) is 23.2 Å². The largest absolute Gasteiger partial charge is 0.493 e. The molecule has 2 aromatic rings. The first kappa shape index (κ1) is 23.9. The van der Waals surface area contributed by atoms with Gasteiger partial charge in [0.15, 0.2) is 23.9 Å². The third-order valence-electron chi connectivity index (χ3n) is 4.49. The van der Waals surface area contributed by atoms with Crippen LogP contribution in [0.3, 0.4) is 0 Å². The van der Waals surface area contributed by atoms with E-state index in [0.29, 0.717) is 29.4 Å². The number of carbonyl (C=O) groups is 3. The predicted octanol–water partition coefficient (Wildman–Crippen LogP) is 4.51. The van der Waals surface area contributed by atoms with E-state index >= 15 is 0 Å². The minimum Gasteiger partial charge on any atom is -0.493 e. The third-order valence-corrected chi connectivity index (χ3v) is 4.49. The highest BCUT2D eigenvalue weighted by Crippen LogP contribution is 2.28. The summed E-state index contributed by atoms with van der Waals surface area (Å²) in [5.41, 5.74) is 1.24. The maximum absolute atomic E-state index is 12.3. The normalized spacial score (nSPS) is 10.5. The number of esters is 1. The van der Waals surface area contributed by atoms with Crippen molar-refractivity contribution in [3.63, 3.8) is 0 Å². The highest BCUT2D eigenvalue weighted by molar-refractivity contribution is 6.00. The molecular formula is C24H29NO6. The number of carbonyl (C=O) groups excluding carboxylic acids is 3. The SMILES string of the molecule is CCCCOc1ccc(C(=O)OCC(=O)c2ccc(NC(=O)C(C)C)cc2)cc1OC. The minimum absolute atomic E-state index is 0.106. The Balaban J connectivity index is 1.94. The molecule has 7 heteroatoms. The van der Waals surface area contributed by atoms with Crippen molar-refractivity contribution in [1.82, 2.24) is 0 Å². The zero-order valence-corrected chi connectivity index (χ0v) is 18.4. The fourth-order valence-electron chi connectivity index (χ4n) is 2.56. The fraction of sp³-hybridized carbons (Fsp3) is 0.375. The Morgan fingerprint density at radius 3 is 2.26 bits per heavy atom. The zero-order chi connectivity index (χ0) is 22.8. The van der Waals surface area contributed by atoms with E-state index in [1.165, 1.54) is 13.2 Å². The summed E-state index contributed by atoms with van der Waals surface area (Å²) in [6, 6.07) is 11.2. The number of amides is 1. The molecule has 0 radical (unpaired) electrons. The van der Waals surface area contributed by atoms with Crippen molar-refractivity contribution in [1.29, 1.82) is 0 Å². The molecule has 0 bridgehead atoms. The molecule has 0 aromatic heterocycles. The Labute approximate surface area is 182 Å². The lowest BCUT2D eigenvalue weighted by molar-refractivity contribution is -0.118. The van der Waals surface area contributed by atoms with Crippen LogP contribution >= 0.6 is 0 Å². The van der Waals surface area contributed by atoms with Crippen molar-refractivity contribution in [3.05, 3.63) is 53.6 Å². The van der Waals surface area contributed by atoms with Crippen molar-refractivity contribution in [3.8, 4) is 11.5 Å². The van der Waals surface area contributed by atoms with Crippen LogP contribution < -0.4 is 14.8 Å². The van der Waals surface area contributed by atoms with Crippen molar-refractivity contribution in [2.24, 2.45) is 5.92 Å². The van der Waals surface area contributed by atoms with E-state index < -0.39 is 12.6 Å². The number of Topliss-reactive ketones (excluding diaryl/α,β-unsaturated/α-hetero) is 1. The minimum atomic E-state index is -0.632. The summed E-state index contributed by atoms with van der Waals surface area (Å²) in [5.74, 6) is -0.250. The Bertz CT molecular complexity index is 905. The molecule has 0 aliphatic carbocycles. The van der Waals surface area contributed by atoms with E-state index in [0.717, 1.165) is 12.8 Å². The van der Waals surface area contributed by atoms with Gasteiger partial charge in [0, 0.05) is 17.2 Å².